The minimum Gasteiger partial charge on any atom is -0.315 e. The van der Waals surface area contributed by atoms with Crippen LogP contribution in [0.25, 0.3) is 0 Å². The second-order valence-corrected chi connectivity index (χ2v) is 5.76. The summed E-state index contributed by atoms with van der Waals surface area (Å²) < 4.78 is 2.23. The van der Waals surface area contributed by atoms with Crippen molar-refractivity contribution in [1.82, 2.24) is 4.31 Å². The first-order valence-corrected chi connectivity index (χ1v) is 6.53. The molecule has 2 nitrogen and oxygen atoms in total. The summed E-state index contributed by atoms with van der Waals surface area (Å²) in [5.41, 5.74) is 7.26. The summed E-state index contributed by atoms with van der Waals surface area (Å²) in [4.78, 5) is 1.25. The van der Waals surface area contributed by atoms with E-state index in [1.165, 1.54) is 10.5 Å². The van der Waals surface area contributed by atoms with Gasteiger partial charge in [0.2, 0.25) is 0 Å². The number of benzene rings is 1. The van der Waals surface area contributed by atoms with E-state index in [2.05, 4.69) is 49.3 Å². The Morgan fingerprint density at radius 1 is 1.19 bits per heavy atom. The summed E-state index contributed by atoms with van der Waals surface area (Å²) in [7, 11) is 0. The van der Waals surface area contributed by atoms with Gasteiger partial charge < -0.3 is 5.73 Å². The van der Waals surface area contributed by atoms with Crippen LogP contribution in [-0.4, -0.2) is 17.0 Å². The first-order chi connectivity index (χ1) is 7.49. The molecule has 16 heavy (non-hydrogen) atoms. The lowest BCUT2D eigenvalue weighted by atomic mass is 10.2. The van der Waals surface area contributed by atoms with E-state index in [1.54, 1.807) is 11.9 Å². The smallest absolute Gasteiger partial charge is 0.0645 e. The number of aryl methyl sites for hydroxylation is 1. The summed E-state index contributed by atoms with van der Waals surface area (Å²) in [5, 5.41) is 0. The van der Waals surface area contributed by atoms with Gasteiger partial charge in [0.25, 0.3) is 0 Å². The summed E-state index contributed by atoms with van der Waals surface area (Å²) in [6, 6.07) is 8.57. The van der Waals surface area contributed by atoms with Gasteiger partial charge in [-0.3, -0.25) is 0 Å². The first-order valence-electron chi connectivity index (χ1n) is 5.76. The molecule has 2 N–H and O–H groups in total. The molecule has 0 aliphatic carbocycles. The van der Waals surface area contributed by atoms with E-state index in [1.807, 2.05) is 6.92 Å². The van der Waals surface area contributed by atoms with Crippen molar-refractivity contribution in [3.05, 3.63) is 29.8 Å². The maximum atomic E-state index is 5.97. The van der Waals surface area contributed by atoms with Crippen molar-refractivity contribution in [2.24, 2.45) is 11.7 Å². The highest BCUT2D eigenvalue weighted by Crippen LogP contribution is 2.24. The van der Waals surface area contributed by atoms with Crippen LogP contribution in [0.4, 0.5) is 0 Å². The highest BCUT2D eigenvalue weighted by Gasteiger charge is 2.12. The van der Waals surface area contributed by atoms with E-state index in [0.29, 0.717) is 5.92 Å². The Morgan fingerprint density at radius 2 is 1.75 bits per heavy atom. The summed E-state index contributed by atoms with van der Waals surface area (Å²) in [6.45, 7) is 9.57. The average molecular weight is 238 g/mol. The molecule has 0 bridgehead atoms. The molecule has 0 fully saturated rings. The molecule has 3 heteroatoms. The minimum absolute atomic E-state index is 0.0775. The van der Waals surface area contributed by atoms with Crippen LogP contribution < -0.4 is 5.73 Å². The van der Waals surface area contributed by atoms with Gasteiger partial charge in [-0.05, 0) is 43.8 Å². The molecule has 1 aromatic rings. The van der Waals surface area contributed by atoms with Crippen LogP contribution in [0.3, 0.4) is 0 Å². The average Bonchev–Trinajstić information content (AvgIpc) is 2.19. The molecule has 0 aliphatic rings. The molecule has 0 radical (unpaired) electrons. The van der Waals surface area contributed by atoms with Crippen molar-refractivity contribution in [3.8, 4) is 0 Å². The molecule has 1 atom stereocenters. The second kappa shape index (κ2) is 6.28. The quantitative estimate of drug-likeness (QED) is 0.630. The number of hydrogen-bond acceptors (Lipinski definition) is 3. The Morgan fingerprint density at radius 3 is 2.19 bits per heavy atom. The number of hydrogen-bond donors (Lipinski definition) is 1. The van der Waals surface area contributed by atoms with Gasteiger partial charge in [0.1, 0.15) is 0 Å². The van der Waals surface area contributed by atoms with Crippen LogP contribution in [0.15, 0.2) is 29.2 Å². The van der Waals surface area contributed by atoms with Crippen molar-refractivity contribution >= 4 is 11.9 Å². The normalized spacial score (nSPS) is 13.4. The molecule has 0 aliphatic heterocycles. The summed E-state index contributed by atoms with van der Waals surface area (Å²) in [6.07, 6.45) is 0.0775. The zero-order valence-electron chi connectivity index (χ0n) is 10.6. The van der Waals surface area contributed by atoms with Crippen molar-refractivity contribution in [2.45, 2.75) is 38.8 Å². The standard InChI is InChI=1S/C13H22N2S/c1-10(2)9-15(12(4)14)16-13-7-5-11(3)6-8-13/h5-8,10,12H,9,14H2,1-4H3. The van der Waals surface area contributed by atoms with E-state index in [-0.39, 0.29) is 6.17 Å². The molecule has 0 saturated heterocycles. The molecule has 90 valence electrons. The third-order valence-corrected chi connectivity index (χ3v) is 3.44. The topological polar surface area (TPSA) is 29.3 Å². The molecule has 0 saturated carbocycles. The van der Waals surface area contributed by atoms with Crippen LogP contribution in [0, 0.1) is 12.8 Å². The van der Waals surface area contributed by atoms with Crippen LogP contribution in [0.2, 0.25) is 0 Å². The highest BCUT2D eigenvalue weighted by atomic mass is 32.2. The fourth-order valence-corrected chi connectivity index (χ4v) is 2.45. The highest BCUT2D eigenvalue weighted by molar-refractivity contribution is 7.97. The Balaban J connectivity index is 2.64. The number of rotatable bonds is 5. The second-order valence-electron chi connectivity index (χ2n) is 4.64. The van der Waals surface area contributed by atoms with E-state index in [9.17, 15) is 0 Å². The lowest BCUT2D eigenvalue weighted by Gasteiger charge is -2.26. The molecule has 0 amide bonds. The van der Waals surface area contributed by atoms with E-state index in [4.69, 9.17) is 5.73 Å². The van der Waals surface area contributed by atoms with Crippen LogP contribution in [-0.2, 0) is 0 Å². The largest absolute Gasteiger partial charge is 0.315 e. The van der Waals surface area contributed by atoms with Gasteiger partial charge in [0, 0.05) is 11.4 Å². The van der Waals surface area contributed by atoms with Gasteiger partial charge in [-0.15, -0.1) is 0 Å². The Bertz CT molecular complexity index is 306. The van der Waals surface area contributed by atoms with Gasteiger partial charge in [0.05, 0.1) is 6.17 Å². The van der Waals surface area contributed by atoms with Gasteiger partial charge >= 0.3 is 0 Å². The number of nitrogens with zero attached hydrogens (tertiary/aromatic N) is 1. The Kier molecular flexibility index (Phi) is 5.32. The first kappa shape index (κ1) is 13.6. The van der Waals surface area contributed by atoms with Crippen molar-refractivity contribution < 1.29 is 0 Å². The van der Waals surface area contributed by atoms with Crippen LogP contribution >= 0.6 is 11.9 Å². The van der Waals surface area contributed by atoms with Gasteiger partial charge in [-0.1, -0.05) is 31.5 Å². The third kappa shape index (κ3) is 4.56. The molecular weight excluding hydrogens is 216 g/mol. The van der Waals surface area contributed by atoms with Crippen molar-refractivity contribution in [2.75, 3.05) is 6.54 Å². The van der Waals surface area contributed by atoms with E-state index >= 15 is 0 Å². The monoisotopic (exact) mass is 238 g/mol. The molecular formula is C13H22N2S. The fourth-order valence-electron chi connectivity index (χ4n) is 1.38. The minimum atomic E-state index is 0.0775. The fraction of sp³-hybridized carbons (Fsp3) is 0.538. The summed E-state index contributed by atoms with van der Waals surface area (Å²) in [5.74, 6) is 0.629. The zero-order chi connectivity index (χ0) is 12.1. The molecule has 1 unspecified atom stereocenters. The van der Waals surface area contributed by atoms with E-state index < -0.39 is 0 Å². The Hall–Kier alpha value is -0.510. The van der Waals surface area contributed by atoms with Gasteiger partial charge in [-0.2, -0.15) is 0 Å². The van der Waals surface area contributed by atoms with Crippen molar-refractivity contribution in [3.63, 3.8) is 0 Å². The SMILES string of the molecule is Cc1ccc(SN(CC(C)C)C(C)N)cc1. The lowest BCUT2D eigenvalue weighted by Crippen LogP contribution is -2.36. The van der Waals surface area contributed by atoms with E-state index in [0.717, 1.165) is 6.54 Å². The number of nitrogens with two attached hydrogens (primary N) is 1. The van der Waals surface area contributed by atoms with Gasteiger partial charge in [-0.25, -0.2) is 4.31 Å². The molecule has 1 rings (SSSR count). The molecule has 1 aromatic carbocycles. The lowest BCUT2D eigenvalue weighted by molar-refractivity contribution is 0.340. The van der Waals surface area contributed by atoms with Gasteiger partial charge in [0.15, 0.2) is 0 Å². The predicted octanol–water partition coefficient (Wildman–Crippen LogP) is 3.26. The van der Waals surface area contributed by atoms with Crippen LogP contribution in [0.1, 0.15) is 26.3 Å². The molecule has 0 aromatic heterocycles. The van der Waals surface area contributed by atoms with Crippen LogP contribution in [0.5, 0.6) is 0 Å². The summed E-state index contributed by atoms with van der Waals surface area (Å²) >= 11 is 1.74. The predicted molar refractivity (Wildman–Crippen MR) is 72.2 cm³/mol. The zero-order valence-corrected chi connectivity index (χ0v) is 11.4. The third-order valence-electron chi connectivity index (χ3n) is 2.24. The maximum Gasteiger partial charge on any atom is 0.0645 e. The Labute approximate surface area is 103 Å². The molecule has 0 spiro atoms. The maximum absolute atomic E-state index is 5.97. The molecule has 0 heterocycles. The van der Waals surface area contributed by atoms with Crippen molar-refractivity contribution in [1.29, 1.82) is 0 Å².